The average Bonchev–Trinajstić information content (AvgIpc) is 2.79. The predicted octanol–water partition coefficient (Wildman–Crippen LogP) is 3.00. The molecule has 2 nitrogen and oxygen atoms in total. The van der Waals surface area contributed by atoms with Crippen molar-refractivity contribution in [3.8, 4) is 5.75 Å². The number of nitrogens with one attached hydrogen (secondary N) is 1. The summed E-state index contributed by atoms with van der Waals surface area (Å²) in [5, 5.41) is 3.62. The zero-order chi connectivity index (χ0) is 12.1. The minimum Gasteiger partial charge on any atom is -0.487 e. The first kappa shape index (κ1) is 11.1. The Hall–Kier alpha value is -1.02. The number of rotatable bonds is 1. The molecule has 1 atom stereocenters. The van der Waals surface area contributed by atoms with Crippen LogP contribution in [0.2, 0.25) is 0 Å². The van der Waals surface area contributed by atoms with Gasteiger partial charge in [0.15, 0.2) is 0 Å². The first-order valence-electron chi connectivity index (χ1n) is 6.56. The number of benzene rings is 1. The molecule has 1 aromatic carbocycles. The Bertz CT molecular complexity index is 444. The van der Waals surface area contributed by atoms with Crippen LogP contribution in [-0.2, 0) is 12.0 Å². The highest BCUT2D eigenvalue weighted by Crippen LogP contribution is 2.38. The molecular formula is C15H21NO. The van der Waals surface area contributed by atoms with Crippen molar-refractivity contribution in [3.05, 3.63) is 29.3 Å². The normalized spacial score (nSPS) is 30.1. The lowest BCUT2D eigenvalue weighted by Gasteiger charge is -2.25. The van der Waals surface area contributed by atoms with Crippen LogP contribution in [0.5, 0.6) is 5.75 Å². The molecule has 0 saturated carbocycles. The third kappa shape index (κ3) is 1.85. The fraction of sp³-hybridized carbons (Fsp3) is 0.600. The topological polar surface area (TPSA) is 21.3 Å². The van der Waals surface area contributed by atoms with Crippen LogP contribution in [0.1, 0.15) is 44.7 Å². The summed E-state index contributed by atoms with van der Waals surface area (Å²) in [5.41, 5.74) is 2.91. The van der Waals surface area contributed by atoms with Gasteiger partial charge in [0.1, 0.15) is 11.4 Å². The van der Waals surface area contributed by atoms with Gasteiger partial charge in [0.2, 0.25) is 0 Å². The van der Waals surface area contributed by atoms with Gasteiger partial charge in [-0.05, 0) is 57.4 Å². The Kier molecular flexibility index (Phi) is 2.27. The lowest BCUT2D eigenvalue weighted by molar-refractivity contribution is 0.138. The van der Waals surface area contributed by atoms with Crippen LogP contribution in [-0.4, -0.2) is 12.1 Å². The molecule has 3 rings (SSSR count). The minimum absolute atomic E-state index is 0.0367. The highest BCUT2D eigenvalue weighted by atomic mass is 16.5. The van der Waals surface area contributed by atoms with Gasteiger partial charge in [-0.25, -0.2) is 0 Å². The summed E-state index contributed by atoms with van der Waals surface area (Å²) < 4.78 is 5.92. The number of hydrogen-bond donors (Lipinski definition) is 1. The molecule has 0 spiro atoms. The van der Waals surface area contributed by atoms with Gasteiger partial charge in [-0.2, -0.15) is 0 Å². The quantitative estimate of drug-likeness (QED) is 0.802. The average molecular weight is 231 g/mol. The standard InChI is InChI=1S/C15H21NO/c1-14(2)10-11-9-12(5-6-13(11)17-14)15(3)7-4-8-16-15/h5-6,9,16H,4,7-8,10H2,1-3H3. The van der Waals surface area contributed by atoms with Crippen molar-refractivity contribution in [2.75, 3.05) is 6.54 Å². The minimum atomic E-state index is -0.0367. The van der Waals surface area contributed by atoms with E-state index < -0.39 is 0 Å². The molecule has 1 unspecified atom stereocenters. The molecular weight excluding hydrogens is 210 g/mol. The van der Waals surface area contributed by atoms with Crippen LogP contribution < -0.4 is 10.1 Å². The summed E-state index contributed by atoms with van der Waals surface area (Å²) >= 11 is 0. The maximum Gasteiger partial charge on any atom is 0.123 e. The number of fused-ring (bicyclic) bond motifs is 1. The van der Waals surface area contributed by atoms with E-state index in [1.807, 2.05) is 0 Å². The van der Waals surface area contributed by atoms with Crippen LogP contribution >= 0.6 is 0 Å². The van der Waals surface area contributed by atoms with E-state index in [1.54, 1.807) is 0 Å². The van der Waals surface area contributed by atoms with Crippen molar-refractivity contribution in [2.45, 2.75) is 51.2 Å². The number of ether oxygens (including phenoxy) is 1. The molecule has 92 valence electrons. The van der Waals surface area contributed by atoms with E-state index in [4.69, 9.17) is 4.74 Å². The van der Waals surface area contributed by atoms with Crippen molar-refractivity contribution >= 4 is 0 Å². The smallest absolute Gasteiger partial charge is 0.123 e. The molecule has 2 heteroatoms. The molecule has 17 heavy (non-hydrogen) atoms. The van der Waals surface area contributed by atoms with E-state index in [2.05, 4.69) is 44.3 Å². The molecule has 2 aliphatic heterocycles. The largest absolute Gasteiger partial charge is 0.487 e. The molecule has 2 heterocycles. The number of hydrogen-bond acceptors (Lipinski definition) is 2. The molecule has 2 aliphatic rings. The van der Waals surface area contributed by atoms with Gasteiger partial charge in [-0.15, -0.1) is 0 Å². The lowest BCUT2D eigenvalue weighted by Crippen LogP contribution is -2.33. The van der Waals surface area contributed by atoms with Gasteiger partial charge in [0.25, 0.3) is 0 Å². The maximum absolute atomic E-state index is 5.92. The summed E-state index contributed by atoms with van der Waals surface area (Å²) in [5.74, 6) is 1.07. The molecule has 1 fully saturated rings. The van der Waals surface area contributed by atoms with Crippen molar-refractivity contribution < 1.29 is 4.74 Å². The monoisotopic (exact) mass is 231 g/mol. The second kappa shape index (κ2) is 3.49. The Morgan fingerprint density at radius 2 is 2.06 bits per heavy atom. The first-order chi connectivity index (χ1) is 7.99. The Balaban J connectivity index is 1.95. The fourth-order valence-corrected chi connectivity index (χ4v) is 3.09. The van der Waals surface area contributed by atoms with E-state index in [9.17, 15) is 0 Å². The van der Waals surface area contributed by atoms with E-state index in [1.165, 1.54) is 24.0 Å². The summed E-state index contributed by atoms with van der Waals surface area (Å²) in [7, 11) is 0. The van der Waals surface area contributed by atoms with Crippen LogP contribution in [0.3, 0.4) is 0 Å². The molecule has 0 amide bonds. The predicted molar refractivity (Wildman–Crippen MR) is 69.4 cm³/mol. The van der Waals surface area contributed by atoms with Crippen molar-refractivity contribution in [3.63, 3.8) is 0 Å². The SMILES string of the molecule is CC1(C)Cc2cc(C3(C)CCCN3)ccc2O1. The molecule has 1 N–H and O–H groups in total. The summed E-state index contributed by atoms with van der Waals surface area (Å²) in [6.45, 7) is 7.75. The highest BCUT2D eigenvalue weighted by Gasteiger charge is 2.34. The third-order valence-electron chi connectivity index (χ3n) is 4.07. The molecule has 0 radical (unpaired) electrons. The van der Waals surface area contributed by atoms with Crippen LogP contribution in [0.15, 0.2) is 18.2 Å². The van der Waals surface area contributed by atoms with E-state index in [-0.39, 0.29) is 11.1 Å². The van der Waals surface area contributed by atoms with Crippen LogP contribution in [0.25, 0.3) is 0 Å². The van der Waals surface area contributed by atoms with Gasteiger partial charge < -0.3 is 10.1 Å². The second-order valence-electron chi connectivity index (χ2n) is 6.22. The van der Waals surface area contributed by atoms with Gasteiger partial charge in [0.05, 0.1) is 0 Å². The highest BCUT2D eigenvalue weighted by molar-refractivity contribution is 5.44. The van der Waals surface area contributed by atoms with Crippen LogP contribution in [0.4, 0.5) is 0 Å². The maximum atomic E-state index is 5.92. The van der Waals surface area contributed by atoms with Gasteiger partial charge >= 0.3 is 0 Å². The molecule has 0 bridgehead atoms. The van der Waals surface area contributed by atoms with E-state index >= 15 is 0 Å². The lowest BCUT2D eigenvalue weighted by atomic mass is 9.88. The van der Waals surface area contributed by atoms with Gasteiger partial charge in [0, 0.05) is 12.0 Å². The van der Waals surface area contributed by atoms with Crippen molar-refractivity contribution in [2.24, 2.45) is 0 Å². The first-order valence-corrected chi connectivity index (χ1v) is 6.56. The van der Waals surface area contributed by atoms with Crippen molar-refractivity contribution in [1.29, 1.82) is 0 Å². The van der Waals surface area contributed by atoms with Gasteiger partial charge in [-0.3, -0.25) is 0 Å². The Labute approximate surface area is 103 Å². The Morgan fingerprint density at radius 3 is 2.76 bits per heavy atom. The summed E-state index contributed by atoms with van der Waals surface area (Å²) in [6, 6.07) is 6.70. The zero-order valence-electron chi connectivity index (χ0n) is 11.0. The zero-order valence-corrected chi connectivity index (χ0v) is 11.0. The third-order valence-corrected chi connectivity index (χ3v) is 4.07. The van der Waals surface area contributed by atoms with Crippen molar-refractivity contribution in [1.82, 2.24) is 5.32 Å². The van der Waals surface area contributed by atoms with E-state index in [0.717, 1.165) is 18.7 Å². The van der Waals surface area contributed by atoms with Gasteiger partial charge in [-0.1, -0.05) is 12.1 Å². The fourth-order valence-electron chi connectivity index (χ4n) is 3.09. The summed E-state index contributed by atoms with van der Waals surface area (Å²) in [4.78, 5) is 0. The summed E-state index contributed by atoms with van der Waals surface area (Å²) in [6.07, 6.45) is 3.53. The van der Waals surface area contributed by atoms with Crippen LogP contribution in [0, 0.1) is 0 Å². The molecule has 1 aromatic rings. The van der Waals surface area contributed by atoms with E-state index in [0.29, 0.717) is 0 Å². The molecule has 0 aliphatic carbocycles. The molecule has 0 aromatic heterocycles. The second-order valence-corrected chi connectivity index (χ2v) is 6.22. The molecule has 1 saturated heterocycles. The Morgan fingerprint density at radius 1 is 1.24 bits per heavy atom.